The number of nitrogens with zero attached hydrogens (tertiary/aromatic N) is 1. The molecular formula is C9H20N2O. The SMILES string of the molecule is CCN(C(=O)CCCN)C(C)C. The molecule has 0 saturated carbocycles. The number of hydrogen-bond donors (Lipinski definition) is 1. The summed E-state index contributed by atoms with van der Waals surface area (Å²) in [4.78, 5) is 13.3. The molecule has 12 heavy (non-hydrogen) atoms. The molecule has 0 rings (SSSR count). The molecule has 0 aliphatic rings. The zero-order valence-electron chi connectivity index (χ0n) is 8.34. The summed E-state index contributed by atoms with van der Waals surface area (Å²) < 4.78 is 0. The van der Waals surface area contributed by atoms with Crippen molar-refractivity contribution in [1.82, 2.24) is 4.90 Å². The number of carbonyl (C=O) groups is 1. The predicted molar refractivity (Wildman–Crippen MR) is 50.8 cm³/mol. The summed E-state index contributed by atoms with van der Waals surface area (Å²) in [5.41, 5.74) is 5.32. The van der Waals surface area contributed by atoms with Crippen LogP contribution >= 0.6 is 0 Å². The highest BCUT2D eigenvalue weighted by Gasteiger charge is 2.13. The van der Waals surface area contributed by atoms with E-state index in [1.54, 1.807) is 0 Å². The van der Waals surface area contributed by atoms with Crippen molar-refractivity contribution in [1.29, 1.82) is 0 Å². The third-order valence-electron chi connectivity index (χ3n) is 1.88. The standard InChI is InChI=1S/C9H20N2O/c1-4-11(8(2)3)9(12)6-5-7-10/h8H,4-7,10H2,1-3H3. The van der Waals surface area contributed by atoms with E-state index in [0.717, 1.165) is 13.0 Å². The van der Waals surface area contributed by atoms with Crippen molar-refractivity contribution in [2.75, 3.05) is 13.1 Å². The predicted octanol–water partition coefficient (Wildman–Crippen LogP) is 0.982. The lowest BCUT2D eigenvalue weighted by Gasteiger charge is -2.25. The van der Waals surface area contributed by atoms with Gasteiger partial charge < -0.3 is 10.6 Å². The minimum Gasteiger partial charge on any atom is -0.341 e. The van der Waals surface area contributed by atoms with Gasteiger partial charge in [-0.3, -0.25) is 4.79 Å². The summed E-state index contributed by atoms with van der Waals surface area (Å²) in [5, 5.41) is 0. The third-order valence-corrected chi connectivity index (χ3v) is 1.88. The van der Waals surface area contributed by atoms with Gasteiger partial charge in [-0.1, -0.05) is 0 Å². The minimum atomic E-state index is 0.220. The van der Waals surface area contributed by atoms with E-state index in [9.17, 15) is 4.79 Å². The minimum absolute atomic E-state index is 0.220. The Morgan fingerprint density at radius 2 is 2.08 bits per heavy atom. The molecule has 0 heterocycles. The largest absolute Gasteiger partial charge is 0.341 e. The first kappa shape index (κ1) is 11.4. The lowest BCUT2D eigenvalue weighted by atomic mass is 10.2. The van der Waals surface area contributed by atoms with Gasteiger partial charge in [0.05, 0.1) is 0 Å². The highest BCUT2D eigenvalue weighted by molar-refractivity contribution is 5.76. The van der Waals surface area contributed by atoms with Gasteiger partial charge in [0.15, 0.2) is 0 Å². The maximum absolute atomic E-state index is 11.4. The van der Waals surface area contributed by atoms with E-state index in [1.807, 2.05) is 25.7 Å². The maximum atomic E-state index is 11.4. The average molecular weight is 172 g/mol. The molecule has 0 fully saturated rings. The molecule has 0 spiro atoms. The summed E-state index contributed by atoms with van der Waals surface area (Å²) in [6, 6.07) is 0.306. The molecule has 0 aromatic rings. The van der Waals surface area contributed by atoms with Crippen molar-refractivity contribution in [2.24, 2.45) is 5.73 Å². The van der Waals surface area contributed by atoms with Crippen molar-refractivity contribution < 1.29 is 4.79 Å². The quantitative estimate of drug-likeness (QED) is 0.672. The van der Waals surface area contributed by atoms with Gasteiger partial charge in [-0.05, 0) is 33.7 Å². The van der Waals surface area contributed by atoms with Crippen molar-refractivity contribution in [3.05, 3.63) is 0 Å². The van der Waals surface area contributed by atoms with E-state index >= 15 is 0 Å². The average Bonchev–Trinajstić information content (AvgIpc) is 2.01. The highest BCUT2D eigenvalue weighted by Crippen LogP contribution is 2.02. The lowest BCUT2D eigenvalue weighted by molar-refractivity contribution is -0.132. The lowest BCUT2D eigenvalue weighted by Crippen LogP contribution is -2.36. The van der Waals surface area contributed by atoms with Crippen LogP contribution < -0.4 is 5.73 Å². The maximum Gasteiger partial charge on any atom is 0.222 e. The van der Waals surface area contributed by atoms with E-state index in [1.165, 1.54) is 0 Å². The first-order chi connectivity index (χ1) is 5.63. The van der Waals surface area contributed by atoms with Crippen molar-refractivity contribution in [2.45, 2.75) is 39.7 Å². The Morgan fingerprint density at radius 3 is 2.42 bits per heavy atom. The number of nitrogens with two attached hydrogens (primary N) is 1. The number of rotatable bonds is 5. The Bertz CT molecular complexity index is 134. The van der Waals surface area contributed by atoms with Crippen LogP contribution in [0.3, 0.4) is 0 Å². The molecule has 0 aromatic heterocycles. The van der Waals surface area contributed by atoms with Gasteiger partial charge >= 0.3 is 0 Å². The van der Waals surface area contributed by atoms with Gasteiger partial charge in [0.1, 0.15) is 0 Å². The summed E-state index contributed by atoms with van der Waals surface area (Å²) in [6.07, 6.45) is 1.38. The van der Waals surface area contributed by atoms with Gasteiger partial charge in [-0.15, -0.1) is 0 Å². The van der Waals surface area contributed by atoms with E-state index in [4.69, 9.17) is 5.73 Å². The van der Waals surface area contributed by atoms with Crippen LogP contribution in [0.4, 0.5) is 0 Å². The van der Waals surface area contributed by atoms with Gasteiger partial charge in [-0.2, -0.15) is 0 Å². The van der Waals surface area contributed by atoms with E-state index in [-0.39, 0.29) is 5.91 Å². The Balaban J connectivity index is 3.86. The molecule has 0 aliphatic carbocycles. The summed E-state index contributed by atoms with van der Waals surface area (Å²) in [7, 11) is 0. The normalized spacial score (nSPS) is 10.4. The van der Waals surface area contributed by atoms with Crippen LogP contribution in [0.5, 0.6) is 0 Å². The summed E-state index contributed by atoms with van der Waals surface area (Å²) >= 11 is 0. The van der Waals surface area contributed by atoms with Crippen LogP contribution in [0.2, 0.25) is 0 Å². The third kappa shape index (κ3) is 3.72. The second kappa shape index (κ2) is 6.00. The first-order valence-electron chi connectivity index (χ1n) is 4.63. The molecule has 0 aliphatic heterocycles. The van der Waals surface area contributed by atoms with Crippen LogP contribution in [-0.2, 0) is 4.79 Å². The van der Waals surface area contributed by atoms with Crippen LogP contribution in [0.25, 0.3) is 0 Å². The number of hydrogen-bond acceptors (Lipinski definition) is 2. The summed E-state index contributed by atoms with van der Waals surface area (Å²) in [6.45, 7) is 7.45. The molecule has 0 saturated heterocycles. The molecule has 0 aromatic carbocycles. The molecule has 0 atom stereocenters. The molecule has 3 heteroatoms. The number of amides is 1. The van der Waals surface area contributed by atoms with Crippen LogP contribution in [0.15, 0.2) is 0 Å². The monoisotopic (exact) mass is 172 g/mol. The van der Waals surface area contributed by atoms with Crippen LogP contribution in [-0.4, -0.2) is 29.9 Å². The second-order valence-corrected chi connectivity index (χ2v) is 3.17. The molecule has 3 nitrogen and oxygen atoms in total. The highest BCUT2D eigenvalue weighted by atomic mass is 16.2. The zero-order chi connectivity index (χ0) is 9.56. The van der Waals surface area contributed by atoms with Crippen molar-refractivity contribution in [3.8, 4) is 0 Å². The van der Waals surface area contributed by atoms with E-state index in [0.29, 0.717) is 19.0 Å². The molecule has 0 radical (unpaired) electrons. The second-order valence-electron chi connectivity index (χ2n) is 3.17. The fourth-order valence-corrected chi connectivity index (χ4v) is 1.23. The summed E-state index contributed by atoms with van der Waals surface area (Å²) in [5.74, 6) is 0.220. The smallest absolute Gasteiger partial charge is 0.222 e. The Kier molecular flexibility index (Phi) is 5.72. The van der Waals surface area contributed by atoms with Gasteiger partial charge in [-0.25, -0.2) is 0 Å². The van der Waals surface area contributed by atoms with Crippen LogP contribution in [0.1, 0.15) is 33.6 Å². The first-order valence-corrected chi connectivity index (χ1v) is 4.63. The van der Waals surface area contributed by atoms with E-state index in [2.05, 4.69) is 0 Å². The van der Waals surface area contributed by atoms with Gasteiger partial charge in [0.2, 0.25) is 5.91 Å². The van der Waals surface area contributed by atoms with Crippen LogP contribution in [0, 0.1) is 0 Å². The van der Waals surface area contributed by atoms with Crippen molar-refractivity contribution >= 4 is 5.91 Å². The Hall–Kier alpha value is -0.570. The molecular weight excluding hydrogens is 152 g/mol. The molecule has 0 bridgehead atoms. The Labute approximate surface area is 74.9 Å². The van der Waals surface area contributed by atoms with Crippen molar-refractivity contribution in [3.63, 3.8) is 0 Å². The molecule has 1 amide bonds. The topological polar surface area (TPSA) is 46.3 Å². The molecule has 0 unspecified atom stereocenters. The van der Waals surface area contributed by atoms with E-state index < -0.39 is 0 Å². The van der Waals surface area contributed by atoms with Gasteiger partial charge in [0.25, 0.3) is 0 Å². The fourth-order valence-electron chi connectivity index (χ4n) is 1.23. The fraction of sp³-hybridized carbons (Fsp3) is 0.889. The molecule has 2 N–H and O–H groups in total. The Morgan fingerprint density at radius 1 is 1.50 bits per heavy atom. The number of carbonyl (C=O) groups excluding carboxylic acids is 1. The molecule has 72 valence electrons. The van der Waals surface area contributed by atoms with Gasteiger partial charge in [0, 0.05) is 19.0 Å². The zero-order valence-corrected chi connectivity index (χ0v) is 8.34.